The molecule has 0 saturated heterocycles. The first-order valence-electron chi connectivity index (χ1n) is 8.97. The monoisotopic (exact) mass is 394 g/mol. The molecule has 0 bridgehead atoms. The van der Waals surface area contributed by atoms with Gasteiger partial charge >= 0.3 is 0 Å². The Kier molecular flexibility index (Phi) is 3.94. The molecular weight excluding hydrogens is 379 g/mol. The number of benzene rings is 2. The lowest BCUT2D eigenvalue weighted by Gasteiger charge is -2.26. The summed E-state index contributed by atoms with van der Waals surface area (Å²) in [4.78, 5) is 22.4. The SMILES string of the molecule is O=C(c1cc2ccc(Cl)cc2[nH]1)N1CCc2c(ncn2-c2ccc(F)cc2)C1. The standard InChI is InChI=1S/C21H16ClFN4O/c22-14-2-1-13-9-18(25-17(13)10-14)21(28)26-8-7-20-19(11-26)24-12-27(20)16-5-3-15(23)4-6-16/h1-6,9-10,12,25H,7-8,11H2. The quantitative estimate of drug-likeness (QED) is 0.549. The first-order valence-corrected chi connectivity index (χ1v) is 9.35. The van der Waals surface area contributed by atoms with Crippen LogP contribution in [0.15, 0.2) is 54.9 Å². The number of hydrogen-bond donors (Lipinski definition) is 1. The van der Waals surface area contributed by atoms with E-state index in [4.69, 9.17) is 11.6 Å². The maximum atomic E-state index is 13.2. The Morgan fingerprint density at radius 1 is 1.14 bits per heavy atom. The molecule has 0 fully saturated rings. The van der Waals surface area contributed by atoms with Crippen LogP contribution in [0, 0.1) is 5.82 Å². The molecule has 7 heteroatoms. The highest BCUT2D eigenvalue weighted by Gasteiger charge is 2.26. The Bertz CT molecular complexity index is 1200. The highest BCUT2D eigenvalue weighted by Crippen LogP contribution is 2.25. The van der Waals surface area contributed by atoms with Crippen molar-refractivity contribution in [2.75, 3.05) is 6.54 Å². The van der Waals surface area contributed by atoms with Crippen molar-refractivity contribution in [3.05, 3.63) is 82.8 Å². The van der Waals surface area contributed by atoms with Gasteiger partial charge in [0.1, 0.15) is 11.5 Å². The van der Waals surface area contributed by atoms with Crippen LogP contribution in [0.25, 0.3) is 16.6 Å². The number of imidazole rings is 1. The number of hydrogen-bond acceptors (Lipinski definition) is 2. The molecule has 0 aliphatic carbocycles. The molecule has 4 aromatic rings. The molecule has 0 unspecified atom stereocenters. The van der Waals surface area contributed by atoms with Crippen molar-refractivity contribution in [3.8, 4) is 5.69 Å². The number of aromatic nitrogens is 3. The Labute approximate surface area is 165 Å². The molecule has 0 saturated carbocycles. The van der Waals surface area contributed by atoms with E-state index in [0.29, 0.717) is 30.2 Å². The number of nitrogens with zero attached hydrogens (tertiary/aromatic N) is 3. The fourth-order valence-corrected chi connectivity index (χ4v) is 3.86. The number of carbonyl (C=O) groups excluding carboxylic acids is 1. The number of fused-ring (bicyclic) bond motifs is 2. The molecule has 140 valence electrons. The highest BCUT2D eigenvalue weighted by atomic mass is 35.5. The van der Waals surface area contributed by atoms with Crippen molar-refractivity contribution in [3.63, 3.8) is 0 Å². The van der Waals surface area contributed by atoms with Gasteiger partial charge in [0.25, 0.3) is 5.91 Å². The third kappa shape index (κ3) is 2.86. The minimum absolute atomic E-state index is 0.0608. The van der Waals surface area contributed by atoms with E-state index in [1.54, 1.807) is 29.4 Å². The second-order valence-electron chi connectivity index (χ2n) is 6.88. The van der Waals surface area contributed by atoms with Crippen LogP contribution in [-0.4, -0.2) is 31.9 Å². The number of rotatable bonds is 2. The first kappa shape index (κ1) is 17.0. The van der Waals surface area contributed by atoms with Gasteiger partial charge in [0.2, 0.25) is 0 Å². The molecule has 0 atom stereocenters. The summed E-state index contributed by atoms with van der Waals surface area (Å²) >= 11 is 6.03. The van der Waals surface area contributed by atoms with Gasteiger partial charge in [0, 0.05) is 40.3 Å². The summed E-state index contributed by atoms with van der Waals surface area (Å²) in [5.74, 6) is -0.330. The molecule has 28 heavy (non-hydrogen) atoms. The number of aromatic amines is 1. The molecule has 1 amide bonds. The van der Waals surface area contributed by atoms with Gasteiger partial charge in [-0.1, -0.05) is 17.7 Å². The van der Waals surface area contributed by atoms with E-state index >= 15 is 0 Å². The Morgan fingerprint density at radius 2 is 1.96 bits per heavy atom. The number of H-pyrrole nitrogens is 1. The van der Waals surface area contributed by atoms with E-state index in [2.05, 4.69) is 9.97 Å². The third-order valence-corrected chi connectivity index (χ3v) is 5.35. The third-order valence-electron chi connectivity index (χ3n) is 5.12. The van der Waals surface area contributed by atoms with Crippen molar-refractivity contribution in [2.24, 2.45) is 0 Å². The van der Waals surface area contributed by atoms with Gasteiger partial charge in [-0.05, 0) is 42.5 Å². The van der Waals surface area contributed by atoms with Crippen LogP contribution in [0.2, 0.25) is 5.02 Å². The largest absolute Gasteiger partial charge is 0.350 e. The Hall–Kier alpha value is -3.12. The van der Waals surface area contributed by atoms with E-state index < -0.39 is 0 Å². The summed E-state index contributed by atoms with van der Waals surface area (Å²) in [5, 5.41) is 1.58. The number of nitrogens with one attached hydrogen (secondary N) is 1. The summed E-state index contributed by atoms with van der Waals surface area (Å²) < 4.78 is 15.1. The molecule has 5 rings (SSSR count). The van der Waals surface area contributed by atoms with Crippen LogP contribution >= 0.6 is 11.6 Å². The van der Waals surface area contributed by atoms with Gasteiger partial charge in [0.15, 0.2) is 0 Å². The van der Waals surface area contributed by atoms with E-state index in [9.17, 15) is 9.18 Å². The fourth-order valence-electron chi connectivity index (χ4n) is 3.69. The lowest BCUT2D eigenvalue weighted by molar-refractivity contribution is 0.0726. The summed E-state index contributed by atoms with van der Waals surface area (Å²) in [6, 6.07) is 13.7. The van der Waals surface area contributed by atoms with E-state index in [-0.39, 0.29) is 11.7 Å². The molecule has 2 aromatic heterocycles. The van der Waals surface area contributed by atoms with Gasteiger partial charge < -0.3 is 14.5 Å². The lowest BCUT2D eigenvalue weighted by atomic mass is 10.1. The molecule has 1 aliphatic heterocycles. The van der Waals surface area contributed by atoms with Crippen molar-refractivity contribution in [1.82, 2.24) is 19.4 Å². The molecular formula is C21H16ClFN4O. The Morgan fingerprint density at radius 3 is 2.79 bits per heavy atom. The second-order valence-corrected chi connectivity index (χ2v) is 7.31. The molecule has 1 aliphatic rings. The molecule has 2 aromatic carbocycles. The molecule has 0 spiro atoms. The Balaban J connectivity index is 1.41. The maximum Gasteiger partial charge on any atom is 0.270 e. The predicted octanol–water partition coefficient (Wildman–Crippen LogP) is 4.34. The number of amides is 1. The molecule has 5 nitrogen and oxygen atoms in total. The summed E-state index contributed by atoms with van der Waals surface area (Å²) in [6.07, 6.45) is 2.42. The smallest absolute Gasteiger partial charge is 0.270 e. The lowest BCUT2D eigenvalue weighted by Crippen LogP contribution is -2.36. The van der Waals surface area contributed by atoms with Crippen LogP contribution in [0.5, 0.6) is 0 Å². The molecule has 1 N–H and O–H groups in total. The second kappa shape index (κ2) is 6.49. The van der Waals surface area contributed by atoms with Crippen LogP contribution in [0.4, 0.5) is 4.39 Å². The van der Waals surface area contributed by atoms with Gasteiger partial charge in [0.05, 0.1) is 18.6 Å². The number of carbonyl (C=O) groups is 1. The summed E-state index contributed by atoms with van der Waals surface area (Å²) in [5.41, 5.74) is 4.16. The topological polar surface area (TPSA) is 53.9 Å². The van der Waals surface area contributed by atoms with E-state index in [1.807, 2.05) is 22.8 Å². The van der Waals surface area contributed by atoms with Crippen LogP contribution < -0.4 is 0 Å². The van der Waals surface area contributed by atoms with Crippen molar-refractivity contribution in [2.45, 2.75) is 13.0 Å². The normalized spacial score (nSPS) is 13.7. The minimum Gasteiger partial charge on any atom is -0.350 e. The van der Waals surface area contributed by atoms with Crippen LogP contribution in [0.1, 0.15) is 21.9 Å². The first-order chi connectivity index (χ1) is 13.6. The van der Waals surface area contributed by atoms with Crippen LogP contribution in [0.3, 0.4) is 0 Å². The van der Waals surface area contributed by atoms with Gasteiger partial charge in [-0.3, -0.25) is 4.79 Å². The average Bonchev–Trinajstić information content (AvgIpc) is 3.31. The predicted molar refractivity (Wildman–Crippen MR) is 105 cm³/mol. The zero-order valence-electron chi connectivity index (χ0n) is 14.8. The van der Waals surface area contributed by atoms with Crippen LogP contribution in [-0.2, 0) is 13.0 Å². The molecule has 0 radical (unpaired) electrons. The maximum absolute atomic E-state index is 13.2. The highest BCUT2D eigenvalue weighted by molar-refractivity contribution is 6.31. The average molecular weight is 395 g/mol. The van der Waals surface area contributed by atoms with Crippen molar-refractivity contribution in [1.29, 1.82) is 0 Å². The van der Waals surface area contributed by atoms with Gasteiger partial charge in [-0.25, -0.2) is 9.37 Å². The van der Waals surface area contributed by atoms with E-state index in [0.717, 1.165) is 28.0 Å². The number of halogens is 2. The zero-order chi connectivity index (χ0) is 19.3. The fraction of sp³-hybridized carbons (Fsp3) is 0.143. The summed E-state index contributed by atoms with van der Waals surface area (Å²) in [6.45, 7) is 1.04. The summed E-state index contributed by atoms with van der Waals surface area (Å²) in [7, 11) is 0. The zero-order valence-corrected chi connectivity index (χ0v) is 15.6. The molecule has 3 heterocycles. The van der Waals surface area contributed by atoms with E-state index in [1.165, 1.54) is 12.1 Å². The van der Waals surface area contributed by atoms with Gasteiger partial charge in [-0.15, -0.1) is 0 Å². The van der Waals surface area contributed by atoms with Gasteiger partial charge in [-0.2, -0.15) is 0 Å². The van der Waals surface area contributed by atoms with Crippen molar-refractivity contribution < 1.29 is 9.18 Å². The van der Waals surface area contributed by atoms with Crippen molar-refractivity contribution >= 4 is 28.4 Å². The minimum atomic E-state index is -0.269.